The lowest BCUT2D eigenvalue weighted by molar-refractivity contribution is 0.990. The summed E-state index contributed by atoms with van der Waals surface area (Å²) in [6.07, 6.45) is 0. The Morgan fingerprint density at radius 1 is 1.18 bits per heavy atom. The first-order valence-electron chi connectivity index (χ1n) is 7.08. The Morgan fingerprint density at radius 3 is 2.68 bits per heavy atom. The van der Waals surface area contributed by atoms with Gasteiger partial charge < -0.3 is 10.6 Å². The van der Waals surface area contributed by atoms with E-state index in [1.54, 1.807) is 0 Å². The van der Waals surface area contributed by atoms with E-state index in [9.17, 15) is 0 Å². The molecule has 0 saturated heterocycles. The van der Waals surface area contributed by atoms with E-state index in [1.165, 1.54) is 5.56 Å². The van der Waals surface area contributed by atoms with Crippen molar-refractivity contribution in [1.29, 1.82) is 0 Å². The topological polar surface area (TPSA) is 24.1 Å². The molecule has 2 rings (SSSR count). The van der Waals surface area contributed by atoms with E-state index in [4.69, 9.17) is 23.8 Å². The third-order valence-corrected chi connectivity index (χ3v) is 4.61. The molecule has 2 aromatic carbocycles. The predicted molar refractivity (Wildman–Crippen MR) is 103 cm³/mol. The van der Waals surface area contributed by atoms with Crippen molar-refractivity contribution < 1.29 is 0 Å². The van der Waals surface area contributed by atoms with E-state index < -0.39 is 0 Å². The minimum Gasteiger partial charge on any atom is -0.362 e. The fraction of sp³-hybridized carbons (Fsp3) is 0.235. The normalized spacial score (nSPS) is 10.3. The second-order valence-corrected chi connectivity index (χ2v) is 6.82. The van der Waals surface area contributed by atoms with E-state index >= 15 is 0 Å². The second-order valence-electron chi connectivity index (χ2n) is 4.90. The quantitative estimate of drug-likeness (QED) is 0.573. The maximum absolute atomic E-state index is 6.17. The zero-order valence-corrected chi connectivity index (χ0v) is 14.8. The summed E-state index contributed by atoms with van der Waals surface area (Å²) in [7, 11) is 0. The standard InChI is InChI=1S/C17H19ClN2S2/c1-13-7-8-16(15(18)11-13)20-17(21)19-9-10-22-12-14-5-3-2-4-6-14/h2-8,11H,9-10,12H2,1H3,(H2,19,20,21). The summed E-state index contributed by atoms with van der Waals surface area (Å²) in [5.41, 5.74) is 3.31. The van der Waals surface area contributed by atoms with E-state index in [0.717, 1.165) is 29.3 Å². The maximum atomic E-state index is 6.17. The van der Waals surface area contributed by atoms with Crippen LogP contribution in [0.15, 0.2) is 48.5 Å². The molecule has 0 fully saturated rings. The summed E-state index contributed by atoms with van der Waals surface area (Å²) < 4.78 is 0. The molecule has 2 nitrogen and oxygen atoms in total. The number of thiocarbonyl (C=S) groups is 1. The van der Waals surface area contributed by atoms with Crippen molar-refractivity contribution in [2.24, 2.45) is 0 Å². The molecule has 0 spiro atoms. The van der Waals surface area contributed by atoms with Crippen LogP contribution in [0.5, 0.6) is 0 Å². The van der Waals surface area contributed by atoms with E-state index in [-0.39, 0.29) is 0 Å². The molecule has 0 atom stereocenters. The summed E-state index contributed by atoms with van der Waals surface area (Å²) in [5.74, 6) is 2.02. The number of rotatable bonds is 6. The van der Waals surface area contributed by atoms with E-state index in [1.807, 2.05) is 43.0 Å². The summed E-state index contributed by atoms with van der Waals surface area (Å²) in [4.78, 5) is 0. The van der Waals surface area contributed by atoms with Crippen molar-refractivity contribution in [3.8, 4) is 0 Å². The van der Waals surface area contributed by atoms with Crippen molar-refractivity contribution in [3.63, 3.8) is 0 Å². The molecule has 0 saturated carbocycles. The molecule has 0 amide bonds. The molecule has 0 bridgehead atoms. The van der Waals surface area contributed by atoms with Crippen LogP contribution in [0.25, 0.3) is 0 Å². The van der Waals surface area contributed by atoms with Crippen molar-refractivity contribution in [2.45, 2.75) is 12.7 Å². The van der Waals surface area contributed by atoms with Crippen LogP contribution < -0.4 is 10.6 Å². The first kappa shape index (κ1) is 17.1. The van der Waals surface area contributed by atoms with Crippen LogP contribution in [0.3, 0.4) is 0 Å². The van der Waals surface area contributed by atoms with Gasteiger partial charge in [-0.1, -0.05) is 48.0 Å². The number of halogens is 1. The molecule has 0 radical (unpaired) electrons. The number of hydrogen-bond acceptors (Lipinski definition) is 2. The van der Waals surface area contributed by atoms with Gasteiger partial charge in [-0.25, -0.2) is 0 Å². The maximum Gasteiger partial charge on any atom is 0.170 e. The molecule has 0 aliphatic heterocycles. The Bertz CT molecular complexity index is 617. The third-order valence-electron chi connectivity index (χ3n) is 3.02. The van der Waals surface area contributed by atoms with Crippen molar-refractivity contribution >= 4 is 46.4 Å². The molecule has 0 aliphatic rings. The number of thioether (sulfide) groups is 1. The minimum absolute atomic E-state index is 0.603. The van der Waals surface area contributed by atoms with Crippen LogP contribution in [0.2, 0.25) is 5.02 Å². The van der Waals surface area contributed by atoms with Crippen molar-refractivity contribution in [3.05, 3.63) is 64.7 Å². The van der Waals surface area contributed by atoms with Crippen LogP contribution in [-0.2, 0) is 5.75 Å². The molecule has 0 aromatic heterocycles. The fourth-order valence-electron chi connectivity index (χ4n) is 1.89. The van der Waals surface area contributed by atoms with Gasteiger partial charge in [-0.2, -0.15) is 11.8 Å². The average molecular weight is 351 g/mol. The lowest BCUT2D eigenvalue weighted by Gasteiger charge is -2.12. The molecule has 2 aromatic rings. The van der Waals surface area contributed by atoms with E-state index in [2.05, 4.69) is 34.9 Å². The SMILES string of the molecule is Cc1ccc(NC(=S)NCCSCc2ccccc2)c(Cl)c1. The van der Waals surface area contributed by atoms with Crippen LogP contribution >= 0.6 is 35.6 Å². The highest BCUT2D eigenvalue weighted by atomic mass is 35.5. The van der Waals surface area contributed by atoms with Gasteiger partial charge in [-0.15, -0.1) is 0 Å². The number of nitrogens with one attached hydrogen (secondary N) is 2. The zero-order chi connectivity index (χ0) is 15.8. The molecule has 2 N–H and O–H groups in total. The Hall–Kier alpha value is -1.23. The third kappa shape index (κ3) is 5.87. The van der Waals surface area contributed by atoms with E-state index in [0.29, 0.717) is 10.1 Å². The summed E-state index contributed by atoms with van der Waals surface area (Å²) in [6, 6.07) is 16.3. The Labute approximate surface area is 146 Å². The second kappa shape index (κ2) is 9.03. The predicted octanol–water partition coefficient (Wildman–Crippen LogP) is 4.87. The Morgan fingerprint density at radius 2 is 1.95 bits per heavy atom. The largest absolute Gasteiger partial charge is 0.362 e. The van der Waals surface area contributed by atoms with Gasteiger partial charge in [0.1, 0.15) is 0 Å². The number of benzene rings is 2. The molecule has 22 heavy (non-hydrogen) atoms. The van der Waals surface area contributed by atoms with Crippen LogP contribution in [0.1, 0.15) is 11.1 Å². The fourth-order valence-corrected chi connectivity index (χ4v) is 3.20. The molecule has 0 aliphatic carbocycles. The first-order valence-corrected chi connectivity index (χ1v) is 9.02. The van der Waals surface area contributed by atoms with Crippen molar-refractivity contribution in [1.82, 2.24) is 5.32 Å². The lowest BCUT2D eigenvalue weighted by atomic mass is 10.2. The van der Waals surface area contributed by atoms with Crippen LogP contribution in [0, 0.1) is 6.92 Å². The van der Waals surface area contributed by atoms with Gasteiger partial charge >= 0.3 is 0 Å². The number of hydrogen-bond donors (Lipinski definition) is 2. The monoisotopic (exact) mass is 350 g/mol. The molecule has 5 heteroatoms. The minimum atomic E-state index is 0.603. The molecular formula is C17H19ClN2S2. The highest BCUT2D eigenvalue weighted by Gasteiger charge is 2.02. The highest BCUT2D eigenvalue weighted by Crippen LogP contribution is 2.22. The first-order chi connectivity index (χ1) is 10.6. The number of anilines is 1. The summed E-state index contributed by atoms with van der Waals surface area (Å²) in [5, 5.41) is 7.61. The smallest absolute Gasteiger partial charge is 0.170 e. The van der Waals surface area contributed by atoms with Gasteiger partial charge in [0.15, 0.2) is 5.11 Å². The van der Waals surface area contributed by atoms with Crippen molar-refractivity contribution in [2.75, 3.05) is 17.6 Å². The zero-order valence-electron chi connectivity index (χ0n) is 12.4. The summed E-state index contributed by atoms with van der Waals surface area (Å²) >= 11 is 13.3. The van der Waals surface area contributed by atoms with Gasteiger partial charge in [0, 0.05) is 18.1 Å². The molecule has 0 unspecified atom stereocenters. The Kier molecular flexibility index (Phi) is 7.03. The average Bonchev–Trinajstić information content (AvgIpc) is 2.51. The molecular weight excluding hydrogens is 332 g/mol. The van der Waals surface area contributed by atoms with Gasteiger partial charge in [0.25, 0.3) is 0 Å². The van der Waals surface area contributed by atoms with Gasteiger partial charge in [-0.05, 0) is 42.4 Å². The molecule has 116 valence electrons. The van der Waals surface area contributed by atoms with Crippen LogP contribution in [-0.4, -0.2) is 17.4 Å². The van der Waals surface area contributed by atoms with Crippen LogP contribution in [0.4, 0.5) is 5.69 Å². The molecule has 0 heterocycles. The summed E-state index contributed by atoms with van der Waals surface area (Å²) in [6.45, 7) is 2.84. The number of aryl methyl sites for hydroxylation is 1. The lowest BCUT2D eigenvalue weighted by Crippen LogP contribution is -2.30. The van der Waals surface area contributed by atoms with Gasteiger partial charge in [-0.3, -0.25) is 0 Å². The van der Waals surface area contributed by atoms with Gasteiger partial charge in [0.2, 0.25) is 0 Å². The van der Waals surface area contributed by atoms with Gasteiger partial charge in [0.05, 0.1) is 10.7 Å². The Balaban J connectivity index is 1.65. The highest BCUT2D eigenvalue weighted by molar-refractivity contribution is 7.98.